The first kappa shape index (κ1) is 13.8. The van der Waals surface area contributed by atoms with Gasteiger partial charge in [-0.1, -0.05) is 74.0 Å². The summed E-state index contributed by atoms with van der Waals surface area (Å²) < 4.78 is 0. The molecular weight excluding hydrogens is 232 g/mol. The standard InChI is InChI=1S/C18H22O/c1-14-9-11-16(12-10-14)17(19)18(2,3)13-15-7-5-4-6-8-15/h4-12,17,19H,13H2,1-3H3. The summed E-state index contributed by atoms with van der Waals surface area (Å²) in [5.41, 5.74) is 3.29. The Morgan fingerprint density at radius 3 is 2.11 bits per heavy atom. The van der Waals surface area contributed by atoms with E-state index in [1.54, 1.807) is 0 Å². The second-order valence-electron chi connectivity index (χ2n) is 5.96. The summed E-state index contributed by atoms with van der Waals surface area (Å²) in [6, 6.07) is 18.5. The zero-order valence-corrected chi connectivity index (χ0v) is 11.9. The Morgan fingerprint density at radius 2 is 1.53 bits per heavy atom. The van der Waals surface area contributed by atoms with Gasteiger partial charge in [-0.3, -0.25) is 0 Å². The van der Waals surface area contributed by atoms with Crippen LogP contribution in [0.4, 0.5) is 0 Å². The van der Waals surface area contributed by atoms with Gasteiger partial charge >= 0.3 is 0 Å². The Labute approximate surface area is 115 Å². The van der Waals surface area contributed by atoms with Gasteiger partial charge in [0.15, 0.2) is 0 Å². The normalized spacial score (nSPS) is 13.3. The number of aliphatic hydroxyl groups is 1. The highest BCUT2D eigenvalue weighted by molar-refractivity contribution is 5.25. The maximum Gasteiger partial charge on any atom is 0.0844 e. The van der Waals surface area contributed by atoms with Crippen LogP contribution >= 0.6 is 0 Å². The zero-order chi connectivity index (χ0) is 13.9. The van der Waals surface area contributed by atoms with Gasteiger partial charge in [0.1, 0.15) is 0 Å². The van der Waals surface area contributed by atoms with Crippen LogP contribution in [0.25, 0.3) is 0 Å². The van der Waals surface area contributed by atoms with Gasteiger partial charge in [0, 0.05) is 0 Å². The van der Waals surface area contributed by atoms with Crippen LogP contribution in [0, 0.1) is 12.3 Å². The summed E-state index contributed by atoms with van der Waals surface area (Å²) in [7, 11) is 0. The summed E-state index contributed by atoms with van der Waals surface area (Å²) in [5, 5.41) is 10.6. The molecule has 1 atom stereocenters. The third-order valence-corrected chi connectivity index (χ3v) is 3.64. The van der Waals surface area contributed by atoms with Gasteiger partial charge in [0.2, 0.25) is 0 Å². The van der Waals surface area contributed by atoms with Crippen LogP contribution < -0.4 is 0 Å². The number of hydrogen-bond donors (Lipinski definition) is 1. The average Bonchev–Trinajstić information content (AvgIpc) is 2.39. The molecule has 0 saturated heterocycles. The summed E-state index contributed by atoms with van der Waals surface area (Å²) in [5.74, 6) is 0. The fourth-order valence-electron chi connectivity index (χ4n) is 2.42. The minimum absolute atomic E-state index is 0.184. The molecular formula is C18H22O. The number of benzene rings is 2. The average molecular weight is 254 g/mol. The molecule has 1 heteroatoms. The van der Waals surface area contributed by atoms with E-state index in [0.29, 0.717) is 0 Å². The molecule has 0 aliphatic heterocycles. The van der Waals surface area contributed by atoms with Crippen molar-refractivity contribution in [2.45, 2.75) is 33.3 Å². The molecule has 0 aliphatic carbocycles. The summed E-state index contributed by atoms with van der Waals surface area (Å²) >= 11 is 0. The number of aliphatic hydroxyl groups excluding tert-OH is 1. The van der Waals surface area contributed by atoms with Gasteiger partial charge in [0.05, 0.1) is 6.10 Å². The lowest BCUT2D eigenvalue weighted by atomic mass is 9.77. The Hall–Kier alpha value is -1.60. The topological polar surface area (TPSA) is 20.2 Å². The van der Waals surface area contributed by atoms with Gasteiger partial charge in [0.25, 0.3) is 0 Å². The summed E-state index contributed by atoms with van der Waals surface area (Å²) in [6.45, 7) is 6.29. The van der Waals surface area contributed by atoms with E-state index < -0.39 is 6.10 Å². The lowest BCUT2D eigenvalue weighted by molar-refractivity contribution is 0.0494. The first-order valence-electron chi connectivity index (χ1n) is 6.77. The predicted octanol–water partition coefficient (Wildman–Crippen LogP) is 4.30. The Morgan fingerprint density at radius 1 is 0.947 bits per heavy atom. The molecule has 0 amide bonds. The van der Waals surface area contributed by atoms with Crippen molar-refractivity contribution in [1.29, 1.82) is 0 Å². The second kappa shape index (κ2) is 5.58. The summed E-state index contributed by atoms with van der Waals surface area (Å²) in [6.07, 6.45) is 0.413. The van der Waals surface area contributed by atoms with Crippen molar-refractivity contribution in [2.75, 3.05) is 0 Å². The molecule has 0 spiro atoms. The highest BCUT2D eigenvalue weighted by atomic mass is 16.3. The first-order valence-corrected chi connectivity index (χ1v) is 6.77. The molecule has 0 aliphatic rings. The molecule has 100 valence electrons. The van der Waals surface area contributed by atoms with Crippen molar-refractivity contribution in [3.8, 4) is 0 Å². The zero-order valence-electron chi connectivity index (χ0n) is 11.9. The molecule has 0 saturated carbocycles. The van der Waals surface area contributed by atoms with Crippen LogP contribution in [-0.2, 0) is 6.42 Å². The van der Waals surface area contributed by atoms with Crippen LogP contribution in [0.5, 0.6) is 0 Å². The first-order chi connectivity index (χ1) is 8.99. The van der Waals surface area contributed by atoms with Crippen LogP contribution in [0.15, 0.2) is 54.6 Å². The molecule has 0 aromatic heterocycles. The lowest BCUT2D eigenvalue weighted by Gasteiger charge is -2.31. The molecule has 0 heterocycles. The predicted molar refractivity (Wildman–Crippen MR) is 80.1 cm³/mol. The highest BCUT2D eigenvalue weighted by Gasteiger charge is 2.29. The SMILES string of the molecule is Cc1ccc(C(O)C(C)(C)Cc2ccccc2)cc1. The molecule has 19 heavy (non-hydrogen) atoms. The lowest BCUT2D eigenvalue weighted by Crippen LogP contribution is -2.24. The largest absolute Gasteiger partial charge is 0.388 e. The van der Waals surface area contributed by atoms with Gasteiger partial charge < -0.3 is 5.11 Å². The molecule has 2 aromatic rings. The smallest absolute Gasteiger partial charge is 0.0844 e. The molecule has 2 aromatic carbocycles. The fraction of sp³-hybridized carbons (Fsp3) is 0.333. The minimum atomic E-state index is -0.451. The molecule has 2 rings (SSSR count). The molecule has 0 radical (unpaired) electrons. The Kier molecular flexibility index (Phi) is 4.06. The minimum Gasteiger partial charge on any atom is -0.388 e. The third kappa shape index (κ3) is 3.45. The number of rotatable bonds is 4. The van der Waals surface area contributed by atoms with E-state index >= 15 is 0 Å². The van der Waals surface area contributed by atoms with Gasteiger partial charge in [-0.25, -0.2) is 0 Å². The quantitative estimate of drug-likeness (QED) is 0.862. The number of hydrogen-bond acceptors (Lipinski definition) is 1. The van der Waals surface area contributed by atoms with Gasteiger partial charge in [-0.05, 0) is 29.9 Å². The van der Waals surface area contributed by atoms with Crippen LogP contribution in [0.1, 0.15) is 36.6 Å². The maximum atomic E-state index is 10.6. The van der Waals surface area contributed by atoms with E-state index in [-0.39, 0.29) is 5.41 Å². The van der Waals surface area contributed by atoms with E-state index in [0.717, 1.165) is 12.0 Å². The van der Waals surface area contributed by atoms with Crippen LogP contribution in [0.3, 0.4) is 0 Å². The number of aryl methyl sites for hydroxylation is 1. The molecule has 1 nitrogen and oxygen atoms in total. The monoisotopic (exact) mass is 254 g/mol. The Balaban J connectivity index is 2.16. The fourth-order valence-corrected chi connectivity index (χ4v) is 2.42. The van der Waals surface area contributed by atoms with E-state index in [4.69, 9.17) is 0 Å². The maximum absolute atomic E-state index is 10.6. The van der Waals surface area contributed by atoms with Crippen molar-refractivity contribution in [3.05, 3.63) is 71.3 Å². The van der Waals surface area contributed by atoms with Crippen LogP contribution in [-0.4, -0.2) is 5.11 Å². The third-order valence-electron chi connectivity index (χ3n) is 3.64. The van der Waals surface area contributed by atoms with E-state index in [9.17, 15) is 5.11 Å². The van der Waals surface area contributed by atoms with Crippen molar-refractivity contribution in [1.82, 2.24) is 0 Å². The second-order valence-corrected chi connectivity index (χ2v) is 5.96. The van der Waals surface area contributed by atoms with Gasteiger partial charge in [-0.15, -0.1) is 0 Å². The Bertz CT molecular complexity index is 511. The van der Waals surface area contributed by atoms with Crippen molar-refractivity contribution in [2.24, 2.45) is 5.41 Å². The van der Waals surface area contributed by atoms with E-state index in [1.165, 1.54) is 11.1 Å². The van der Waals surface area contributed by atoms with Crippen molar-refractivity contribution in [3.63, 3.8) is 0 Å². The van der Waals surface area contributed by atoms with E-state index in [1.807, 2.05) is 30.3 Å². The molecule has 0 fully saturated rings. The molecule has 1 N–H and O–H groups in total. The van der Waals surface area contributed by atoms with Crippen LogP contribution in [0.2, 0.25) is 0 Å². The van der Waals surface area contributed by atoms with Gasteiger partial charge in [-0.2, -0.15) is 0 Å². The summed E-state index contributed by atoms with van der Waals surface area (Å²) in [4.78, 5) is 0. The van der Waals surface area contributed by atoms with Crippen molar-refractivity contribution >= 4 is 0 Å². The molecule has 0 bridgehead atoms. The van der Waals surface area contributed by atoms with E-state index in [2.05, 4.69) is 45.0 Å². The van der Waals surface area contributed by atoms with Crippen molar-refractivity contribution < 1.29 is 5.11 Å². The highest BCUT2D eigenvalue weighted by Crippen LogP contribution is 2.36. The molecule has 1 unspecified atom stereocenters.